The van der Waals surface area contributed by atoms with E-state index < -0.39 is 0 Å². The van der Waals surface area contributed by atoms with Crippen LogP contribution < -0.4 is 14.8 Å². The number of anilines is 1. The zero-order chi connectivity index (χ0) is 14.7. The van der Waals surface area contributed by atoms with Crippen molar-refractivity contribution >= 4 is 11.6 Å². The summed E-state index contributed by atoms with van der Waals surface area (Å²) in [5.41, 5.74) is 1.55. The topological polar surface area (TPSA) is 71.4 Å². The van der Waals surface area contributed by atoms with E-state index in [9.17, 15) is 4.79 Å². The molecule has 0 aliphatic carbocycles. The lowest BCUT2D eigenvalue weighted by molar-refractivity contribution is 0.102. The number of nitrogens with one attached hydrogen (secondary N) is 1. The quantitative estimate of drug-likeness (QED) is 0.917. The minimum absolute atomic E-state index is 0.262. The molecule has 0 bridgehead atoms. The number of rotatable bonds is 2. The van der Waals surface area contributed by atoms with Gasteiger partial charge in [0.1, 0.15) is 13.2 Å². The highest BCUT2D eigenvalue weighted by Crippen LogP contribution is 2.30. The number of amides is 1. The van der Waals surface area contributed by atoms with Gasteiger partial charge in [-0.05, 0) is 36.4 Å². The van der Waals surface area contributed by atoms with E-state index >= 15 is 0 Å². The SMILES string of the molecule is N#Cc1cccc(NC(=O)c2ccc3c(c2)OCCO3)c1. The summed E-state index contributed by atoms with van der Waals surface area (Å²) < 4.78 is 10.9. The second-order valence-corrected chi connectivity index (χ2v) is 4.51. The molecule has 0 saturated carbocycles. The molecule has 2 aromatic carbocycles. The summed E-state index contributed by atoms with van der Waals surface area (Å²) in [5, 5.41) is 11.6. The monoisotopic (exact) mass is 280 g/mol. The summed E-state index contributed by atoms with van der Waals surface area (Å²) in [6, 6.07) is 13.8. The van der Waals surface area contributed by atoms with Gasteiger partial charge in [-0.15, -0.1) is 0 Å². The predicted molar refractivity (Wildman–Crippen MR) is 76.5 cm³/mol. The molecule has 1 heterocycles. The minimum Gasteiger partial charge on any atom is -0.486 e. The summed E-state index contributed by atoms with van der Waals surface area (Å²) in [7, 11) is 0. The van der Waals surface area contributed by atoms with Crippen LogP contribution in [0.5, 0.6) is 11.5 Å². The largest absolute Gasteiger partial charge is 0.486 e. The van der Waals surface area contributed by atoms with Gasteiger partial charge in [-0.2, -0.15) is 5.26 Å². The van der Waals surface area contributed by atoms with Crippen LogP contribution in [-0.2, 0) is 0 Å². The average Bonchev–Trinajstić information content (AvgIpc) is 2.54. The summed E-state index contributed by atoms with van der Waals surface area (Å²) in [4.78, 5) is 12.2. The van der Waals surface area contributed by atoms with Crippen molar-refractivity contribution in [1.82, 2.24) is 0 Å². The number of carbonyl (C=O) groups is 1. The Kier molecular flexibility index (Phi) is 3.44. The van der Waals surface area contributed by atoms with Gasteiger partial charge in [0.25, 0.3) is 5.91 Å². The predicted octanol–water partition coefficient (Wildman–Crippen LogP) is 2.58. The van der Waals surface area contributed by atoms with Gasteiger partial charge in [0.15, 0.2) is 11.5 Å². The van der Waals surface area contributed by atoms with Crippen molar-refractivity contribution in [3.63, 3.8) is 0 Å². The Bertz CT molecular complexity index is 735. The first kappa shape index (κ1) is 13.0. The molecule has 0 fully saturated rings. The number of fused-ring (bicyclic) bond motifs is 1. The van der Waals surface area contributed by atoms with Gasteiger partial charge >= 0.3 is 0 Å². The Hall–Kier alpha value is -3.00. The molecule has 0 saturated heterocycles. The molecule has 2 aromatic rings. The molecule has 0 radical (unpaired) electrons. The molecule has 0 unspecified atom stereocenters. The van der Waals surface area contributed by atoms with E-state index in [1.807, 2.05) is 6.07 Å². The number of carbonyl (C=O) groups excluding carboxylic acids is 1. The van der Waals surface area contributed by atoms with Crippen LogP contribution in [0.1, 0.15) is 15.9 Å². The number of hydrogen-bond donors (Lipinski definition) is 1. The zero-order valence-electron chi connectivity index (χ0n) is 11.1. The Labute approximate surface area is 121 Å². The van der Waals surface area contributed by atoms with Crippen LogP contribution in [0.2, 0.25) is 0 Å². The van der Waals surface area contributed by atoms with Crippen LogP contribution in [0.15, 0.2) is 42.5 Å². The molecular formula is C16H12N2O3. The van der Waals surface area contributed by atoms with E-state index in [1.165, 1.54) is 0 Å². The molecule has 3 rings (SSSR count). The van der Waals surface area contributed by atoms with Gasteiger partial charge in [0, 0.05) is 11.3 Å². The second kappa shape index (κ2) is 5.55. The van der Waals surface area contributed by atoms with Gasteiger partial charge in [-0.3, -0.25) is 4.79 Å². The average molecular weight is 280 g/mol. The van der Waals surface area contributed by atoms with Crippen molar-refractivity contribution in [2.24, 2.45) is 0 Å². The molecule has 1 amide bonds. The number of ether oxygens (including phenoxy) is 2. The fourth-order valence-corrected chi connectivity index (χ4v) is 2.05. The molecular weight excluding hydrogens is 268 g/mol. The van der Waals surface area contributed by atoms with Crippen LogP contribution in [-0.4, -0.2) is 19.1 Å². The van der Waals surface area contributed by atoms with E-state index in [0.29, 0.717) is 41.5 Å². The Morgan fingerprint density at radius 3 is 2.71 bits per heavy atom. The van der Waals surface area contributed by atoms with Crippen molar-refractivity contribution < 1.29 is 14.3 Å². The molecule has 21 heavy (non-hydrogen) atoms. The molecule has 0 spiro atoms. The fourth-order valence-electron chi connectivity index (χ4n) is 2.05. The van der Waals surface area contributed by atoms with Gasteiger partial charge < -0.3 is 14.8 Å². The highest BCUT2D eigenvalue weighted by atomic mass is 16.6. The molecule has 1 aliphatic heterocycles. The summed E-state index contributed by atoms with van der Waals surface area (Å²) in [5.74, 6) is 0.950. The number of benzene rings is 2. The van der Waals surface area contributed by atoms with E-state index in [1.54, 1.807) is 42.5 Å². The lowest BCUT2D eigenvalue weighted by Crippen LogP contribution is -2.17. The Morgan fingerprint density at radius 2 is 1.90 bits per heavy atom. The third-order valence-electron chi connectivity index (χ3n) is 3.05. The number of nitriles is 1. The van der Waals surface area contributed by atoms with E-state index in [4.69, 9.17) is 14.7 Å². The third-order valence-corrected chi connectivity index (χ3v) is 3.05. The van der Waals surface area contributed by atoms with E-state index in [-0.39, 0.29) is 5.91 Å². The Balaban J connectivity index is 1.80. The fraction of sp³-hybridized carbons (Fsp3) is 0.125. The summed E-state index contributed by atoms with van der Waals surface area (Å²) in [6.45, 7) is 0.988. The first-order valence-corrected chi connectivity index (χ1v) is 6.47. The molecule has 104 valence electrons. The maximum atomic E-state index is 12.2. The van der Waals surface area contributed by atoms with Crippen molar-refractivity contribution in [2.45, 2.75) is 0 Å². The second-order valence-electron chi connectivity index (χ2n) is 4.51. The van der Waals surface area contributed by atoms with E-state index in [0.717, 1.165) is 0 Å². The van der Waals surface area contributed by atoms with Crippen LogP contribution in [0.25, 0.3) is 0 Å². The molecule has 5 heteroatoms. The van der Waals surface area contributed by atoms with E-state index in [2.05, 4.69) is 5.32 Å². The Morgan fingerprint density at radius 1 is 1.10 bits per heavy atom. The molecule has 0 atom stereocenters. The smallest absolute Gasteiger partial charge is 0.255 e. The van der Waals surface area contributed by atoms with Crippen molar-refractivity contribution in [1.29, 1.82) is 5.26 Å². The standard InChI is InChI=1S/C16H12N2O3/c17-10-11-2-1-3-13(8-11)18-16(19)12-4-5-14-15(9-12)21-7-6-20-14/h1-5,8-9H,6-7H2,(H,18,19). The van der Waals surface area contributed by atoms with Gasteiger partial charge in [0.05, 0.1) is 11.6 Å². The van der Waals surface area contributed by atoms with Crippen molar-refractivity contribution in [3.05, 3.63) is 53.6 Å². The van der Waals surface area contributed by atoms with Crippen LogP contribution in [0, 0.1) is 11.3 Å². The lowest BCUT2D eigenvalue weighted by atomic mass is 10.1. The maximum Gasteiger partial charge on any atom is 0.255 e. The van der Waals surface area contributed by atoms with Crippen molar-refractivity contribution in [2.75, 3.05) is 18.5 Å². The van der Waals surface area contributed by atoms with Gasteiger partial charge in [-0.1, -0.05) is 6.07 Å². The molecule has 1 aliphatic rings. The highest BCUT2D eigenvalue weighted by molar-refractivity contribution is 6.04. The molecule has 5 nitrogen and oxygen atoms in total. The summed E-state index contributed by atoms with van der Waals surface area (Å²) in [6.07, 6.45) is 0. The molecule has 0 aromatic heterocycles. The minimum atomic E-state index is -0.262. The number of hydrogen-bond acceptors (Lipinski definition) is 4. The first-order chi connectivity index (χ1) is 10.3. The third kappa shape index (κ3) is 2.79. The van der Waals surface area contributed by atoms with Crippen molar-refractivity contribution in [3.8, 4) is 17.6 Å². The molecule has 1 N–H and O–H groups in total. The lowest BCUT2D eigenvalue weighted by Gasteiger charge is -2.18. The number of nitrogens with zero attached hydrogens (tertiary/aromatic N) is 1. The summed E-state index contributed by atoms with van der Waals surface area (Å²) >= 11 is 0. The highest BCUT2D eigenvalue weighted by Gasteiger charge is 2.15. The normalized spacial score (nSPS) is 12.3. The van der Waals surface area contributed by atoms with Crippen LogP contribution in [0.4, 0.5) is 5.69 Å². The van der Waals surface area contributed by atoms with Gasteiger partial charge in [-0.25, -0.2) is 0 Å². The zero-order valence-corrected chi connectivity index (χ0v) is 11.1. The van der Waals surface area contributed by atoms with Crippen LogP contribution in [0.3, 0.4) is 0 Å². The maximum absolute atomic E-state index is 12.2. The first-order valence-electron chi connectivity index (χ1n) is 6.47. The van der Waals surface area contributed by atoms with Gasteiger partial charge in [0.2, 0.25) is 0 Å². The van der Waals surface area contributed by atoms with Crippen LogP contribution >= 0.6 is 0 Å².